The molecule has 0 atom stereocenters. The maximum atomic E-state index is 14.0. The molecular formula is C39H54F4O4. The quantitative estimate of drug-likeness (QED) is 0.212. The van der Waals surface area contributed by atoms with Crippen molar-refractivity contribution in [3.63, 3.8) is 0 Å². The average Bonchev–Trinajstić information content (AvgIpc) is 3.61. The van der Waals surface area contributed by atoms with Crippen molar-refractivity contribution in [1.82, 2.24) is 0 Å². The van der Waals surface area contributed by atoms with Crippen LogP contribution in [-0.2, 0) is 0 Å². The highest BCUT2D eigenvalue weighted by molar-refractivity contribution is 5.35. The van der Waals surface area contributed by atoms with E-state index in [-0.39, 0.29) is 23.0 Å². The predicted octanol–water partition coefficient (Wildman–Crippen LogP) is 11.1. The lowest BCUT2D eigenvalue weighted by Crippen LogP contribution is -2.28. The van der Waals surface area contributed by atoms with Crippen LogP contribution in [0.2, 0.25) is 0 Å². The molecule has 0 bridgehead atoms. The first-order chi connectivity index (χ1) is 22.9. The van der Waals surface area contributed by atoms with Crippen LogP contribution in [0.3, 0.4) is 0 Å². The molecule has 2 aromatic carbocycles. The second kappa shape index (κ2) is 17.7. The molecule has 0 heterocycles. The summed E-state index contributed by atoms with van der Waals surface area (Å²) in [6, 6.07) is 5.80. The first kappa shape index (κ1) is 35.7. The summed E-state index contributed by atoms with van der Waals surface area (Å²) in [4.78, 5) is 0. The van der Waals surface area contributed by atoms with Crippen molar-refractivity contribution < 1.29 is 36.5 Å². The molecule has 8 heteroatoms. The molecule has 2 aromatic rings. The SMILES string of the molecule is CCOc1ccc(OCC2CCC(C3CCC3)CC2)c(F)c1F.CCOc1ccc(OCC2CCC(C3CCCC3)CC2)c(F)c1F. The largest absolute Gasteiger partial charge is 0.491 e. The summed E-state index contributed by atoms with van der Waals surface area (Å²) in [6.07, 6.45) is 19.4. The van der Waals surface area contributed by atoms with E-state index in [0.717, 1.165) is 49.4 Å². The lowest BCUT2D eigenvalue weighted by molar-refractivity contribution is 0.115. The Balaban J connectivity index is 0.000000185. The van der Waals surface area contributed by atoms with Crippen LogP contribution in [0.4, 0.5) is 17.6 Å². The van der Waals surface area contributed by atoms with Crippen LogP contribution >= 0.6 is 0 Å². The van der Waals surface area contributed by atoms with Crippen LogP contribution in [0.25, 0.3) is 0 Å². The van der Waals surface area contributed by atoms with Crippen molar-refractivity contribution in [1.29, 1.82) is 0 Å². The fourth-order valence-corrected chi connectivity index (χ4v) is 8.19. The first-order valence-corrected chi connectivity index (χ1v) is 18.3. The lowest BCUT2D eigenvalue weighted by Gasteiger charge is -2.38. The lowest BCUT2D eigenvalue weighted by atomic mass is 9.68. The summed E-state index contributed by atoms with van der Waals surface area (Å²) in [5, 5.41) is 0. The van der Waals surface area contributed by atoms with Gasteiger partial charge in [-0.05, 0) is 125 Å². The third-order valence-electron chi connectivity index (χ3n) is 11.2. The minimum Gasteiger partial charge on any atom is -0.491 e. The summed E-state index contributed by atoms with van der Waals surface area (Å²) >= 11 is 0. The van der Waals surface area contributed by atoms with Crippen LogP contribution in [0, 0.1) is 58.8 Å². The van der Waals surface area contributed by atoms with Crippen molar-refractivity contribution in [3.05, 3.63) is 47.5 Å². The van der Waals surface area contributed by atoms with Gasteiger partial charge in [0.2, 0.25) is 23.3 Å². The van der Waals surface area contributed by atoms with Crippen LogP contribution in [0.1, 0.15) is 110 Å². The fraction of sp³-hybridized carbons (Fsp3) is 0.692. The van der Waals surface area contributed by atoms with Crippen molar-refractivity contribution in [2.24, 2.45) is 35.5 Å². The zero-order valence-corrected chi connectivity index (χ0v) is 28.4. The second-order valence-corrected chi connectivity index (χ2v) is 14.2. The van der Waals surface area contributed by atoms with Gasteiger partial charge in [0.25, 0.3) is 0 Å². The van der Waals surface area contributed by atoms with E-state index in [1.165, 1.54) is 94.9 Å². The van der Waals surface area contributed by atoms with Gasteiger partial charge >= 0.3 is 0 Å². The minimum absolute atomic E-state index is 0.00568. The summed E-state index contributed by atoms with van der Waals surface area (Å²) in [6.45, 7) is 5.04. The Morgan fingerprint density at radius 1 is 0.426 bits per heavy atom. The highest BCUT2D eigenvalue weighted by Gasteiger charge is 2.32. The van der Waals surface area contributed by atoms with E-state index in [1.807, 2.05) is 0 Å². The summed E-state index contributed by atoms with van der Waals surface area (Å²) in [7, 11) is 0. The molecule has 4 saturated carbocycles. The zero-order valence-electron chi connectivity index (χ0n) is 28.4. The number of hydrogen-bond acceptors (Lipinski definition) is 4. The average molecular weight is 663 g/mol. The Morgan fingerprint density at radius 3 is 1.02 bits per heavy atom. The van der Waals surface area contributed by atoms with Crippen LogP contribution in [-0.4, -0.2) is 26.4 Å². The smallest absolute Gasteiger partial charge is 0.204 e. The summed E-state index contributed by atoms with van der Waals surface area (Å²) in [5.41, 5.74) is 0. The molecule has 0 unspecified atom stereocenters. The molecule has 0 aliphatic heterocycles. The monoisotopic (exact) mass is 662 g/mol. The van der Waals surface area contributed by atoms with Gasteiger partial charge in [0.15, 0.2) is 23.0 Å². The summed E-state index contributed by atoms with van der Waals surface area (Å²) < 4.78 is 76.9. The van der Waals surface area contributed by atoms with E-state index in [0.29, 0.717) is 38.3 Å². The Kier molecular flexibility index (Phi) is 13.4. The molecule has 6 rings (SSSR count). The molecule has 0 saturated heterocycles. The second-order valence-electron chi connectivity index (χ2n) is 14.2. The van der Waals surface area contributed by atoms with Gasteiger partial charge in [-0.2, -0.15) is 17.6 Å². The molecular weight excluding hydrogens is 608 g/mol. The third kappa shape index (κ3) is 9.50. The number of benzene rings is 2. The highest BCUT2D eigenvalue weighted by atomic mass is 19.2. The molecule has 0 spiro atoms. The number of halogens is 4. The van der Waals surface area contributed by atoms with Gasteiger partial charge in [-0.15, -0.1) is 0 Å². The molecule has 4 aliphatic carbocycles. The number of rotatable bonds is 12. The zero-order chi connectivity index (χ0) is 33.2. The van der Waals surface area contributed by atoms with E-state index in [9.17, 15) is 17.6 Å². The van der Waals surface area contributed by atoms with Crippen LogP contribution in [0.5, 0.6) is 23.0 Å². The van der Waals surface area contributed by atoms with Crippen LogP contribution < -0.4 is 18.9 Å². The van der Waals surface area contributed by atoms with Gasteiger partial charge in [-0.25, -0.2) is 0 Å². The van der Waals surface area contributed by atoms with Crippen molar-refractivity contribution >= 4 is 0 Å². The summed E-state index contributed by atoms with van der Waals surface area (Å²) in [5.74, 6) is 0.634. The normalized spacial score (nSPS) is 25.0. The molecule has 0 amide bonds. The van der Waals surface area contributed by atoms with Crippen molar-refractivity contribution in [3.8, 4) is 23.0 Å². The molecule has 0 N–H and O–H groups in total. The molecule has 4 fully saturated rings. The van der Waals surface area contributed by atoms with E-state index < -0.39 is 23.3 Å². The van der Waals surface area contributed by atoms with Gasteiger partial charge in [-0.1, -0.05) is 44.9 Å². The standard InChI is InChI=1S/C20H28F2O2.C19H26F2O2/c1-2-23-17-11-12-18(20(22)19(17)21)24-13-14-7-9-16(10-8-14)15-5-3-4-6-15;1-2-22-16-10-11-17(19(21)18(16)20)23-12-13-6-8-15(9-7-13)14-4-3-5-14/h11-12,14-16H,2-10,13H2,1H3;10-11,13-15H,2-9,12H2,1H3. The van der Waals surface area contributed by atoms with E-state index >= 15 is 0 Å². The van der Waals surface area contributed by atoms with Gasteiger partial charge < -0.3 is 18.9 Å². The highest BCUT2D eigenvalue weighted by Crippen LogP contribution is 2.43. The van der Waals surface area contributed by atoms with E-state index in [2.05, 4.69) is 0 Å². The predicted molar refractivity (Wildman–Crippen MR) is 176 cm³/mol. The van der Waals surface area contributed by atoms with Gasteiger partial charge in [-0.3, -0.25) is 0 Å². The molecule has 4 aliphatic rings. The maximum absolute atomic E-state index is 14.0. The van der Waals surface area contributed by atoms with E-state index in [1.54, 1.807) is 13.8 Å². The topological polar surface area (TPSA) is 36.9 Å². The number of hydrogen-bond donors (Lipinski definition) is 0. The minimum atomic E-state index is -0.960. The molecule has 4 nitrogen and oxygen atoms in total. The molecule has 0 radical (unpaired) electrons. The number of ether oxygens (including phenoxy) is 4. The Hall–Kier alpha value is -2.64. The Morgan fingerprint density at radius 2 is 0.723 bits per heavy atom. The van der Waals surface area contributed by atoms with Crippen LogP contribution in [0.15, 0.2) is 24.3 Å². The van der Waals surface area contributed by atoms with Gasteiger partial charge in [0, 0.05) is 0 Å². The molecule has 262 valence electrons. The van der Waals surface area contributed by atoms with E-state index in [4.69, 9.17) is 18.9 Å². The maximum Gasteiger partial charge on any atom is 0.204 e. The third-order valence-corrected chi connectivity index (χ3v) is 11.2. The van der Waals surface area contributed by atoms with Gasteiger partial charge in [0.1, 0.15) is 0 Å². The Labute approximate surface area is 278 Å². The fourth-order valence-electron chi connectivity index (χ4n) is 8.19. The van der Waals surface area contributed by atoms with Crippen molar-refractivity contribution in [2.45, 2.75) is 110 Å². The van der Waals surface area contributed by atoms with Crippen molar-refractivity contribution in [2.75, 3.05) is 26.4 Å². The molecule has 0 aromatic heterocycles. The molecule has 47 heavy (non-hydrogen) atoms. The first-order valence-electron chi connectivity index (χ1n) is 18.3. The van der Waals surface area contributed by atoms with Gasteiger partial charge in [0.05, 0.1) is 26.4 Å². The Bertz CT molecular complexity index is 1250.